The summed E-state index contributed by atoms with van der Waals surface area (Å²) >= 11 is 0. The molecule has 0 atom stereocenters. The molecule has 0 radical (unpaired) electrons. The fourth-order valence-corrected chi connectivity index (χ4v) is 6.98. The Morgan fingerprint density at radius 1 is 0.444 bits per heavy atom. The third-order valence-electron chi connectivity index (χ3n) is 9.34. The van der Waals surface area contributed by atoms with Gasteiger partial charge in [-0.05, 0) is 98.4 Å². The van der Waals surface area contributed by atoms with Gasteiger partial charge in [0.2, 0.25) is 0 Å². The first-order valence-electron chi connectivity index (χ1n) is 15.5. The van der Waals surface area contributed by atoms with E-state index in [9.17, 15) is 0 Å². The first-order valence-corrected chi connectivity index (χ1v) is 15.5. The lowest BCUT2D eigenvalue weighted by Crippen LogP contribution is -2.15. The number of benzene rings is 7. The average molecular weight is 582 g/mol. The van der Waals surface area contributed by atoms with Crippen LogP contribution in [0.15, 0.2) is 158 Å². The maximum absolute atomic E-state index is 15.2. The van der Waals surface area contributed by atoms with E-state index < -0.39 is 0 Å². The standard InChI is InChI=1S/C43H32FN/c1-43(2)39-27-32(21-26-38(39)42-37-16-10-9-15-36(37)41(44)28-40(42)43)31-19-24-35(25-20-31)45(33-13-7-4-8-14-33)34-22-17-30(18-23-34)29-11-5-3-6-12-29/h3-28H,1-2H3. The molecule has 0 amide bonds. The van der Waals surface area contributed by atoms with E-state index in [1.165, 1.54) is 22.3 Å². The van der Waals surface area contributed by atoms with Crippen LogP contribution in [0.25, 0.3) is 44.2 Å². The van der Waals surface area contributed by atoms with E-state index in [4.69, 9.17) is 0 Å². The van der Waals surface area contributed by atoms with Crippen LogP contribution in [0.5, 0.6) is 0 Å². The third kappa shape index (κ3) is 4.53. The monoisotopic (exact) mass is 581 g/mol. The van der Waals surface area contributed by atoms with Gasteiger partial charge in [-0.15, -0.1) is 0 Å². The average Bonchev–Trinajstić information content (AvgIpc) is 3.32. The Morgan fingerprint density at radius 2 is 0.933 bits per heavy atom. The summed E-state index contributed by atoms with van der Waals surface area (Å²) < 4.78 is 15.2. The van der Waals surface area contributed by atoms with Gasteiger partial charge in [0, 0.05) is 27.9 Å². The lowest BCUT2D eigenvalue weighted by molar-refractivity contribution is 0.619. The molecular weight excluding hydrogens is 549 g/mol. The van der Waals surface area contributed by atoms with Crippen LogP contribution in [0.1, 0.15) is 25.0 Å². The molecule has 0 saturated heterocycles. The van der Waals surface area contributed by atoms with Crippen LogP contribution in [-0.2, 0) is 5.41 Å². The smallest absolute Gasteiger partial charge is 0.131 e. The fraction of sp³-hybridized carbons (Fsp3) is 0.0698. The van der Waals surface area contributed by atoms with Crippen LogP contribution in [-0.4, -0.2) is 0 Å². The summed E-state index contributed by atoms with van der Waals surface area (Å²) in [6.07, 6.45) is 0. The molecule has 45 heavy (non-hydrogen) atoms. The van der Waals surface area contributed by atoms with E-state index in [0.717, 1.165) is 44.7 Å². The third-order valence-corrected chi connectivity index (χ3v) is 9.34. The zero-order valence-electron chi connectivity index (χ0n) is 25.3. The van der Waals surface area contributed by atoms with Crippen LogP contribution in [0.2, 0.25) is 0 Å². The van der Waals surface area contributed by atoms with Crippen molar-refractivity contribution in [3.8, 4) is 33.4 Å². The lowest BCUT2D eigenvalue weighted by Gasteiger charge is -2.26. The maximum Gasteiger partial charge on any atom is 0.131 e. The van der Waals surface area contributed by atoms with Gasteiger partial charge in [-0.1, -0.05) is 123 Å². The molecule has 216 valence electrons. The summed E-state index contributed by atoms with van der Waals surface area (Å²) in [5, 5.41) is 1.66. The largest absolute Gasteiger partial charge is 0.311 e. The predicted molar refractivity (Wildman–Crippen MR) is 187 cm³/mol. The SMILES string of the molecule is CC1(C)c2cc(-c3ccc(N(c4ccccc4)c4ccc(-c5ccccc5)cc4)cc3)ccc2-c2c1cc(F)c1ccccc21. The molecular formula is C43H32FN. The second-order valence-electron chi connectivity index (χ2n) is 12.3. The van der Waals surface area contributed by atoms with E-state index in [1.54, 1.807) is 6.07 Å². The molecule has 0 aromatic heterocycles. The fourth-order valence-electron chi connectivity index (χ4n) is 6.98. The first-order chi connectivity index (χ1) is 22.0. The molecule has 2 heteroatoms. The van der Waals surface area contributed by atoms with Crippen LogP contribution in [0, 0.1) is 5.82 Å². The van der Waals surface area contributed by atoms with Crippen LogP contribution in [0.4, 0.5) is 21.5 Å². The molecule has 7 aromatic rings. The van der Waals surface area contributed by atoms with E-state index in [2.05, 4.69) is 134 Å². The molecule has 0 fully saturated rings. The minimum Gasteiger partial charge on any atom is -0.311 e. The summed E-state index contributed by atoms with van der Waals surface area (Å²) in [5.74, 6) is -0.154. The number of fused-ring (bicyclic) bond motifs is 5. The van der Waals surface area contributed by atoms with Crippen molar-refractivity contribution in [3.63, 3.8) is 0 Å². The van der Waals surface area contributed by atoms with Crippen molar-refractivity contribution in [3.05, 3.63) is 175 Å². The van der Waals surface area contributed by atoms with E-state index in [1.807, 2.05) is 36.4 Å². The number of hydrogen-bond donors (Lipinski definition) is 0. The Hall–Kier alpha value is -5.47. The van der Waals surface area contributed by atoms with Crippen LogP contribution in [0.3, 0.4) is 0 Å². The summed E-state index contributed by atoms with van der Waals surface area (Å²) in [6, 6.07) is 54.8. The molecule has 0 spiro atoms. The molecule has 0 bridgehead atoms. The highest BCUT2D eigenvalue weighted by atomic mass is 19.1. The van der Waals surface area contributed by atoms with Gasteiger partial charge in [-0.3, -0.25) is 0 Å². The normalized spacial score (nSPS) is 13.0. The zero-order valence-corrected chi connectivity index (χ0v) is 25.3. The summed E-state index contributed by atoms with van der Waals surface area (Å²) in [4.78, 5) is 2.29. The maximum atomic E-state index is 15.2. The van der Waals surface area contributed by atoms with E-state index >= 15 is 4.39 Å². The van der Waals surface area contributed by atoms with Gasteiger partial charge >= 0.3 is 0 Å². The van der Waals surface area contributed by atoms with Gasteiger partial charge in [0.1, 0.15) is 5.82 Å². The quantitative estimate of drug-likeness (QED) is 0.195. The molecule has 0 saturated carbocycles. The van der Waals surface area contributed by atoms with E-state index in [0.29, 0.717) is 5.39 Å². The number of para-hydroxylation sites is 1. The minimum absolute atomic E-state index is 0.154. The highest BCUT2D eigenvalue weighted by Crippen LogP contribution is 2.52. The van der Waals surface area contributed by atoms with Crippen LogP contribution >= 0.6 is 0 Å². The van der Waals surface area contributed by atoms with Gasteiger partial charge in [-0.25, -0.2) is 4.39 Å². The Labute approximate surface area is 263 Å². The number of nitrogens with zero attached hydrogens (tertiary/aromatic N) is 1. The van der Waals surface area contributed by atoms with Gasteiger partial charge in [0.25, 0.3) is 0 Å². The highest BCUT2D eigenvalue weighted by Gasteiger charge is 2.37. The van der Waals surface area contributed by atoms with Crippen molar-refractivity contribution in [2.75, 3.05) is 4.90 Å². The van der Waals surface area contributed by atoms with Crippen molar-refractivity contribution in [2.24, 2.45) is 0 Å². The molecule has 1 nitrogen and oxygen atoms in total. The number of rotatable bonds is 5. The molecule has 0 heterocycles. The summed E-state index contributed by atoms with van der Waals surface area (Å²) in [7, 11) is 0. The Bertz CT molecular complexity index is 2160. The molecule has 8 rings (SSSR count). The van der Waals surface area contributed by atoms with Gasteiger partial charge in [0.15, 0.2) is 0 Å². The Balaban J connectivity index is 1.16. The van der Waals surface area contributed by atoms with Crippen molar-refractivity contribution in [2.45, 2.75) is 19.3 Å². The van der Waals surface area contributed by atoms with Crippen molar-refractivity contribution in [1.29, 1.82) is 0 Å². The molecule has 0 unspecified atom stereocenters. The van der Waals surface area contributed by atoms with Gasteiger partial charge < -0.3 is 4.90 Å². The summed E-state index contributed by atoms with van der Waals surface area (Å²) in [6.45, 7) is 4.42. The number of anilines is 3. The van der Waals surface area contributed by atoms with E-state index in [-0.39, 0.29) is 11.2 Å². The van der Waals surface area contributed by atoms with Gasteiger partial charge in [-0.2, -0.15) is 0 Å². The predicted octanol–water partition coefficient (Wildman–Crippen LogP) is 12.1. The summed E-state index contributed by atoms with van der Waals surface area (Å²) in [5.41, 5.74) is 12.3. The number of hydrogen-bond acceptors (Lipinski definition) is 1. The lowest BCUT2D eigenvalue weighted by atomic mass is 9.81. The Morgan fingerprint density at radius 3 is 1.58 bits per heavy atom. The molecule has 1 aliphatic rings. The molecule has 0 aliphatic heterocycles. The molecule has 7 aromatic carbocycles. The van der Waals surface area contributed by atoms with Crippen molar-refractivity contribution < 1.29 is 4.39 Å². The van der Waals surface area contributed by atoms with Crippen molar-refractivity contribution >= 4 is 27.8 Å². The van der Waals surface area contributed by atoms with Gasteiger partial charge in [0.05, 0.1) is 0 Å². The second-order valence-corrected chi connectivity index (χ2v) is 12.3. The topological polar surface area (TPSA) is 3.24 Å². The number of halogens is 1. The molecule has 1 aliphatic carbocycles. The Kier molecular flexibility index (Phi) is 6.39. The zero-order chi connectivity index (χ0) is 30.5. The minimum atomic E-state index is -0.304. The van der Waals surface area contributed by atoms with Crippen LogP contribution < -0.4 is 4.90 Å². The second kappa shape index (κ2) is 10.6. The van der Waals surface area contributed by atoms with Crippen molar-refractivity contribution in [1.82, 2.24) is 0 Å². The highest BCUT2D eigenvalue weighted by molar-refractivity contribution is 6.03. The molecule has 0 N–H and O–H groups in total. The first kappa shape index (κ1) is 27.1.